The Balaban J connectivity index is 1.43. The van der Waals surface area contributed by atoms with Gasteiger partial charge in [0.1, 0.15) is 11.5 Å². The first-order valence-corrected chi connectivity index (χ1v) is 9.45. The van der Waals surface area contributed by atoms with Crippen LogP contribution in [0.1, 0.15) is 26.5 Å². The van der Waals surface area contributed by atoms with E-state index in [0.29, 0.717) is 35.8 Å². The number of benzene rings is 2. The minimum atomic E-state index is -0.575. The molecule has 0 aliphatic rings. The fourth-order valence-corrected chi connectivity index (χ4v) is 3.58. The predicted octanol–water partition coefficient (Wildman–Crippen LogP) is 3.23. The van der Waals surface area contributed by atoms with Crippen molar-refractivity contribution in [3.05, 3.63) is 59.0 Å². The summed E-state index contributed by atoms with van der Waals surface area (Å²) in [6.07, 6.45) is 0.642. The average Bonchev–Trinajstić information content (AvgIpc) is 3.16. The lowest BCUT2D eigenvalue weighted by Crippen LogP contribution is -2.24. The van der Waals surface area contributed by atoms with Crippen LogP contribution in [-0.2, 0) is 0 Å². The monoisotopic (exact) mass is 400 g/mol. The summed E-state index contributed by atoms with van der Waals surface area (Å²) in [5.41, 5.74) is 1.91. The maximum absolute atomic E-state index is 12.3. The first kappa shape index (κ1) is 19.7. The summed E-state index contributed by atoms with van der Waals surface area (Å²) in [7, 11) is 1.62. The summed E-state index contributed by atoms with van der Waals surface area (Å²) in [6, 6.07) is 14.0. The highest BCUT2D eigenvalue weighted by Crippen LogP contribution is 2.29. The third kappa shape index (κ3) is 4.79. The van der Waals surface area contributed by atoms with Gasteiger partial charge >= 0.3 is 0 Å². The molecule has 0 radical (unpaired) electrons. The number of fused-ring (bicyclic) bond motifs is 1. The van der Waals surface area contributed by atoms with Gasteiger partial charge in [-0.15, -0.1) is 11.3 Å². The van der Waals surface area contributed by atoms with Crippen LogP contribution in [0.4, 0.5) is 0 Å². The van der Waals surface area contributed by atoms with Crippen molar-refractivity contribution in [2.45, 2.75) is 6.42 Å². The van der Waals surface area contributed by atoms with Gasteiger partial charge in [0.2, 0.25) is 0 Å². The fraction of sp³-hybridized carbons (Fsp3) is 0.200. The standard InChI is InChI=1S/C20H20N2O5S/c1-26-16-8-5-14-11-18(28-17(14)12-16)20(24)21-9-2-10-27-15-6-3-13(4-7-15)19(23)22-25/h3-8,11-12,25H,2,9-10H2,1H3,(H,21,24)(H,22,23). The lowest BCUT2D eigenvalue weighted by molar-refractivity contribution is 0.0706. The van der Waals surface area contributed by atoms with Crippen LogP contribution in [0, 0.1) is 0 Å². The summed E-state index contributed by atoms with van der Waals surface area (Å²) >= 11 is 1.43. The van der Waals surface area contributed by atoms with Gasteiger partial charge in [-0.3, -0.25) is 14.8 Å². The van der Waals surface area contributed by atoms with Crippen LogP contribution in [0.15, 0.2) is 48.5 Å². The second-order valence-corrected chi connectivity index (χ2v) is 7.02. The van der Waals surface area contributed by atoms with E-state index in [-0.39, 0.29) is 5.91 Å². The largest absolute Gasteiger partial charge is 0.497 e. The third-order valence-corrected chi connectivity index (χ3v) is 5.14. The van der Waals surface area contributed by atoms with Crippen LogP contribution >= 0.6 is 11.3 Å². The number of ether oxygens (including phenoxy) is 2. The van der Waals surface area contributed by atoms with E-state index >= 15 is 0 Å². The number of carbonyl (C=O) groups excluding carboxylic acids is 2. The SMILES string of the molecule is COc1ccc2cc(C(=O)NCCCOc3ccc(C(=O)NO)cc3)sc2c1. The quantitative estimate of drug-likeness (QED) is 0.306. The van der Waals surface area contributed by atoms with E-state index in [1.54, 1.807) is 36.9 Å². The number of thiophene rings is 1. The number of rotatable bonds is 8. The summed E-state index contributed by atoms with van der Waals surface area (Å²) < 4.78 is 11.8. The zero-order valence-electron chi connectivity index (χ0n) is 15.2. The number of hydrogen-bond acceptors (Lipinski definition) is 6. The molecule has 3 N–H and O–H groups in total. The first-order valence-electron chi connectivity index (χ1n) is 8.64. The zero-order valence-corrected chi connectivity index (χ0v) is 16.0. The highest BCUT2D eigenvalue weighted by molar-refractivity contribution is 7.20. The van der Waals surface area contributed by atoms with E-state index in [0.717, 1.165) is 15.8 Å². The van der Waals surface area contributed by atoms with E-state index < -0.39 is 5.91 Å². The van der Waals surface area contributed by atoms with E-state index in [1.807, 2.05) is 24.3 Å². The number of hydroxylamine groups is 1. The van der Waals surface area contributed by atoms with Crippen LogP contribution in [0.2, 0.25) is 0 Å². The van der Waals surface area contributed by atoms with Crippen LogP contribution in [-0.4, -0.2) is 37.3 Å². The Morgan fingerprint density at radius 2 is 1.79 bits per heavy atom. The Labute approximate surface area is 165 Å². The molecule has 0 saturated carbocycles. The van der Waals surface area contributed by atoms with E-state index in [1.165, 1.54) is 11.3 Å². The predicted molar refractivity (Wildman–Crippen MR) is 107 cm³/mol. The molecule has 2 amide bonds. The van der Waals surface area contributed by atoms with Gasteiger partial charge in [0.15, 0.2) is 0 Å². The number of methoxy groups -OCH3 is 1. The molecule has 0 fully saturated rings. The van der Waals surface area contributed by atoms with Crippen molar-refractivity contribution in [2.24, 2.45) is 0 Å². The van der Waals surface area contributed by atoms with Crippen LogP contribution in [0.25, 0.3) is 10.1 Å². The van der Waals surface area contributed by atoms with Crippen molar-refractivity contribution < 1.29 is 24.3 Å². The van der Waals surface area contributed by atoms with Crippen molar-refractivity contribution in [3.8, 4) is 11.5 Å². The molecule has 0 aliphatic carbocycles. The van der Waals surface area contributed by atoms with Crippen LogP contribution in [0.5, 0.6) is 11.5 Å². The molecule has 146 valence electrons. The topological polar surface area (TPSA) is 96.9 Å². The minimum absolute atomic E-state index is 0.112. The summed E-state index contributed by atoms with van der Waals surface area (Å²) in [4.78, 5) is 24.2. The average molecular weight is 400 g/mol. The van der Waals surface area contributed by atoms with Gasteiger partial charge < -0.3 is 14.8 Å². The molecule has 1 aromatic heterocycles. The van der Waals surface area contributed by atoms with Gasteiger partial charge in [0.25, 0.3) is 11.8 Å². The third-order valence-electron chi connectivity index (χ3n) is 4.04. The number of carbonyl (C=O) groups is 2. The highest BCUT2D eigenvalue weighted by Gasteiger charge is 2.10. The van der Waals surface area contributed by atoms with Crippen molar-refractivity contribution in [2.75, 3.05) is 20.3 Å². The van der Waals surface area contributed by atoms with E-state index in [2.05, 4.69) is 5.32 Å². The number of nitrogens with one attached hydrogen (secondary N) is 2. The Morgan fingerprint density at radius 3 is 2.50 bits per heavy atom. The second kappa shape index (κ2) is 9.20. The minimum Gasteiger partial charge on any atom is -0.497 e. The normalized spacial score (nSPS) is 10.5. The van der Waals surface area contributed by atoms with Gasteiger partial charge in [-0.25, -0.2) is 5.48 Å². The molecular weight excluding hydrogens is 380 g/mol. The fourth-order valence-electron chi connectivity index (χ4n) is 2.57. The van der Waals surface area contributed by atoms with Gasteiger partial charge in [-0.05, 0) is 60.3 Å². The summed E-state index contributed by atoms with van der Waals surface area (Å²) in [5, 5.41) is 12.5. The Bertz CT molecular complexity index is 968. The summed E-state index contributed by atoms with van der Waals surface area (Å²) in [5.74, 6) is 0.691. The van der Waals surface area contributed by atoms with Crippen molar-refractivity contribution in [1.82, 2.24) is 10.8 Å². The van der Waals surface area contributed by atoms with Crippen LogP contribution in [0.3, 0.4) is 0 Å². The smallest absolute Gasteiger partial charge is 0.274 e. The van der Waals surface area contributed by atoms with Crippen molar-refractivity contribution in [3.63, 3.8) is 0 Å². The van der Waals surface area contributed by atoms with Gasteiger partial charge in [0.05, 0.1) is 18.6 Å². The molecule has 8 heteroatoms. The molecule has 7 nitrogen and oxygen atoms in total. The van der Waals surface area contributed by atoms with Crippen LogP contribution < -0.4 is 20.3 Å². The molecule has 0 atom stereocenters. The maximum atomic E-state index is 12.3. The maximum Gasteiger partial charge on any atom is 0.274 e. The Kier molecular flexibility index (Phi) is 6.46. The molecule has 0 saturated heterocycles. The molecule has 0 unspecified atom stereocenters. The molecule has 2 aromatic carbocycles. The van der Waals surface area contributed by atoms with Crippen molar-refractivity contribution in [1.29, 1.82) is 0 Å². The van der Waals surface area contributed by atoms with Gasteiger partial charge in [-0.2, -0.15) is 0 Å². The second-order valence-electron chi connectivity index (χ2n) is 5.94. The lowest BCUT2D eigenvalue weighted by atomic mass is 10.2. The molecule has 0 aliphatic heterocycles. The van der Waals surface area contributed by atoms with E-state index in [4.69, 9.17) is 14.7 Å². The Morgan fingerprint density at radius 1 is 1.04 bits per heavy atom. The molecule has 1 heterocycles. The molecule has 0 bridgehead atoms. The molecular formula is C20H20N2O5S. The lowest BCUT2D eigenvalue weighted by Gasteiger charge is -2.07. The summed E-state index contributed by atoms with van der Waals surface area (Å²) in [6.45, 7) is 0.914. The van der Waals surface area contributed by atoms with E-state index in [9.17, 15) is 9.59 Å². The first-order chi connectivity index (χ1) is 13.6. The highest BCUT2D eigenvalue weighted by atomic mass is 32.1. The molecule has 28 heavy (non-hydrogen) atoms. The molecule has 0 spiro atoms. The molecule has 3 rings (SSSR count). The number of amides is 2. The van der Waals surface area contributed by atoms with Crippen molar-refractivity contribution >= 4 is 33.2 Å². The number of hydrogen-bond donors (Lipinski definition) is 3. The van der Waals surface area contributed by atoms with Gasteiger partial charge in [0, 0.05) is 16.8 Å². The Hall–Kier alpha value is -3.10. The van der Waals surface area contributed by atoms with Gasteiger partial charge in [-0.1, -0.05) is 0 Å². The zero-order chi connectivity index (χ0) is 19.9. The molecule has 3 aromatic rings.